The quantitative estimate of drug-likeness (QED) is 0.679. The van der Waals surface area contributed by atoms with Crippen LogP contribution in [0.25, 0.3) is 0 Å². The number of likely N-dealkylation sites (tertiary alicyclic amines) is 1. The molecule has 1 rings (SSSR count). The van der Waals surface area contributed by atoms with Gasteiger partial charge in [0.15, 0.2) is 0 Å². The standard InChI is InChI=1S/C8H17NOS/c1-11-5-4-9-3-2-8(6-9)7-10/h8,10H,2-7H2,1H3. The van der Waals surface area contributed by atoms with Gasteiger partial charge in [-0.15, -0.1) is 0 Å². The molecule has 1 aliphatic rings. The van der Waals surface area contributed by atoms with Gasteiger partial charge >= 0.3 is 0 Å². The summed E-state index contributed by atoms with van der Waals surface area (Å²) in [7, 11) is 0. The van der Waals surface area contributed by atoms with E-state index in [1.807, 2.05) is 11.8 Å². The van der Waals surface area contributed by atoms with Crippen LogP contribution in [0.2, 0.25) is 0 Å². The van der Waals surface area contributed by atoms with Crippen molar-refractivity contribution in [1.29, 1.82) is 0 Å². The largest absolute Gasteiger partial charge is 0.396 e. The molecule has 66 valence electrons. The van der Waals surface area contributed by atoms with Crippen molar-refractivity contribution in [2.75, 3.05) is 38.2 Å². The summed E-state index contributed by atoms with van der Waals surface area (Å²) >= 11 is 1.89. The number of hydrogen-bond acceptors (Lipinski definition) is 3. The van der Waals surface area contributed by atoms with Crippen LogP contribution in [0.4, 0.5) is 0 Å². The Hall–Kier alpha value is 0.270. The van der Waals surface area contributed by atoms with Gasteiger partial charge in [-0.05, 0) is 25.1 Å². The second-order valence-electron chi connectivity index (χ2n) is 3.13. The van der Waals surface area contributed by atoms with Gasteiger partial charge in [0.2, 0.25) is 0 Å². The zero-order valence-corrected chi connectivity index (χ0v) is 7.94. The van der Waals surface area contributed by atoms with E-state index in [-0.39, 0.29) is 0 Å². The van der Waals surface area contributed by atoms with Crippen molar-refractivity contribution in [3.8, 4) is 0 Å². The van der Waals surface area contributed by atoms with Gasteiger partial charge < -0.3 is 10.0 Å². The van der Waals surface area contributed by atoms with Crippen LogP contribution in [0.1, 0.15) is 6.42 Å². The molecule has 0 aromatic carbocycles. The fourth-order valence-electron chi connectivity index (χ4n) is 1.49. The molecule has 1 saturated heterocycles. The minimum Gasteiger partial charge on any atom is -0.396 e. The Bertz CT molecular complexity index is 110. The SMILES string of the molecule is CSCCN1CCC(CO)C1. The summed E-state index contributed by atoms with van der Waals surface area (Å²) in [6, 6.07) is 0. The Morgan fingerprint density at radius 1 is 1.64 bits per heavy atom. The summed E-state index contributed by atoms with van der Waals surface area (Å²) in [6.45, 7) is 3.86. The molecule has 1 heterocycles. The second kappa shape index (κ2) is 5.01. The molecule has 3 heteroatoms. The Balaban J connectivity index is 2.09. The molecule has 0 saturated carbocycles. The highest BCUT2D eigenvalue weighted by atomic mass is 32.2. The normalized spacial score (nSPS) is 26.2. The molecule has 1 fully saturated rings. The average Bonchev–Trinajstić information content (AvgIpc) is 2.48. The molecule has 0 spiro atoms. The van der Waals surface area contributed by atoms with Crippen molar-refractivity contribution in [3.05, 3.63) is 0 Å². The number of nitrogens with zero attached hydrogens (tertiary/aromatic N) is 1. The molecule has 0 amide bonds. The fourth-order valence-corrected chi connectivity index (χ4v) is 1.93. The Kier molecular flexibility index (Phi) is 4.26. The monoisotopic (exact) mass is 175 g/mol. The molecule has 11 heavy (non-hydrogen) atoms. The van der Waals surface area contributed by atoms with E-state index in [1.54, 1.807) is 0 Å². The van der Waals surface area contributed by atoms with Crippen LogP contribution in [0.3, 0.4) is 0 Å². The van der Waals surface area contributed by atoms with Gasteiger partial charge in [-0.3, -0.25) is 0 Å². The molecule has 2 nitrogen and oxygen atoms in total. The summed E-state index contributed by atoms with van der Waals surface area (Å²) < 4.78 is 0. The second-order valence-corrected chi connectivity index (χ2v) is 4.12. The highest BCUT2D eigenvalue weighted by Crippen LogP contribution is 2.15. The number of aliphatic hydroxyl groups is 1. The molecule has 0 radical (unpaired) electrons. The van der Waals surface area contributed by atoms with Crippen molar-refractivity contribution in [3.63, 3.8) is 0 Å². The predicted molar refractivity (Wildman–Crippen MR) is 50.0 cm³/mol. The van der Waals surface area contributed by atoms with Crippen LogP contribution in [-0.4, -0.2) is 48.3 Å². The minimum atomic E-state index is 0.371. The van der Waals surface area contributed by atoms with Crippen LogP contribution in [0.15, 0.2) is 0 Å². The van der Waals surface area contributed by atoms with E-state index in [9.17, 15) is 0 Å². The van der Waals surface area contributed by atoms with Crippen LogP contribution < -0.4 is 0 Å². The summed E-state index contributed by atoms with van der Waals surface area (Å²) in [5, 5.41) is 8.88. The summed E-state index contributed by atoms with van der Waals surface area (Å²) in [5.74, 6) is 1.77. The number of rotatable bonds is 4. The van der Waals surface area contributed by atoms with Crippen LogP contribution in [0, 0.1) is 5.92 Å². The molecule has 1 unspecified atom stereocenters. The lowest BCUT2D eigenvalue weighted by molar-refractivity contribution is 0.224. The highest BCUT2D eigenvalue weighted by Gasteiger charge is 2.20. The van der Waals surface area contributed by atoms with Crippen molar-refractivity contribution in [2.45, 2.75) is 6.42 Å². The molecular weight excluding hydrogens is 158 g/mol. The van der Waals surface area contributed by atoms with Gasteiger partial charge in [0.1, 0.15) is 0 Å². The lowest BCUT2D eigenvalue weighted by Gasteiger charge is -2.13. The van der Waals surface area contributed by atoms with Crippen molar-refractivity contribution in [1.82, 2.24) is 4.90 Å². The Morgan fingerprint density at radius 2 is 2.45 bits per heavy atom. The first-order valence-corrected chi connectivity index (χ1v) is 5.58. The number of aliphatic hydroxyl groups excluding tert-OH is 1. The first kappa shape index (κ1) is 9.36. The zero-order chi connectivity index (χ0) is 8.10. The summed E-state index contributed by atoms with van der Waals surface area (Å²) in [4.78, 5) is 2.44. The first-order valence-electron chi connectivity index (χ1n) is 4.19. The molecule has 0 aliphatic carbocycles. The van der Waals surface area contributed by atoms with Gasteiger partial charge in [-0.25, -0.2) is 0 Å². The van der Waals surface area contributed by atoms with Crippen LogP contribution in [-0.2, 0) is 0 Å². The van der Waals surface area contributed by atoms with Crippen LogP contribution in [0.5, 0.6) is 0 Å². The average molecular weight is 175 g/mol. The molecule has 0 bridgehead atoms. The van der Waals surface area contributed by atoms with Gasteiger partial charge in [-0.1, -0.05) is 0 Å². The van der Waals surface area contributed by atoms with E-state index >= 15 is 0 Å². The lowest BCUT2D eigenvalue weighted by Crippen LogP contribution is -2.23. The van der Waals surface area contributed by atoms with E-state index in [0.29, 0.717) is 12.5 Å². The van der Waals surface area contributed by atoms with E-state index in [2.05, 4.69) is 11.2 Å². The van der Waals surface area contributed by atoms with E-state index in [0.717, 1.165) is 6.54 Å². The molecule has 0 aromatic heterocycles. The molecule has 1 atom stereocenters. The van der Waals surface area contributed by atoms with Crippen LogP contribution >= 0.6 is 11.8 Å². The zero-order valence-electron chi connectivity index (χ0n) is 7.12. The first-order chi connectivity index (χ1) is 5.36. The molecule has 1 N–H and O–H groups in total. The Labute approximate surface area is 73.0 Å². The summed E-state index contributed by atoms with van der Waals surface area (Å²) in [5.41, 5.74) is 0. The fraction of sp³-hybridized carbons (Fsp3) is 1.00. The maximum atomic E-state index is 8.88. The van der Waals surface area contributed by atoms with Gasteiger partial charge in [0.05, 0.1) is 0 Å². The van der Waals surface area contributed by atoms with E-state index in [1.165, 1.54) is 25.3 Å². The predicted octanol–water partition coefficient (Wildman–Crippen LogP) is 0.664. The van der Waals surface area contributed by atoms with E-state index < -0.39 is 0 Å². The topological polar surface area (TPSA) is 23.5 Å². The minimum absolute atomic E-state index is 0.371. The van der Waals surface area contributed by atoms with Gasteiger partial charge in [-0.2, -0.15) is 11.8 Å². The van der Waals surface area contributed by atoms with Gasteiger partial charge in [0, 0.05) is 25.4 Å². The third-order valence-electron chi connectivity index (χ3n) is 2.24. The van der Waals surface area contributed by atoms with Crippen molar-refractivity contribution < 1.29 is 5.11 Å². The maximum absolute atomic E-state index is 8.88. The number of hydrogen-bond donors (Lipinski definition) is 1. The van der Waals surface area contributed by atoms with Crippen molar-refractivity contribution in [2.24, 2.45) is 5.92 Å². The summed E-state index contributed by atoms with van der Waals surface area (Å²) in [6.07, 6.45) is 3.32. The lowest BCUT2D eigenvalue weighted by atomic mass is 10.1. The van der Waals surface area contributed by atoms with Gasteiger partial charge in [0.25, 0.3) is 0 Å². The highest BCUT2D eigenvalue weighted by molar-refractivity contribution is 7.98. The number of thioether (sulfide) groups is 1. The molecule has 0 aromatic rings. The molecule has 1 aliphatic heterocycles. The third-order valence-corrected chi connectivity index (χ3v) is 2.83. The molecular formula is C8H17NOS. The Morgan fingerprint density at radius 3 is 3.00 bits per heavy atom. The maximum Gasteiger partial charge on any atom is 0.0471 e. The van der Waals surface area contributed by atoms with E-state index in [4.69, 9.17) is 5.11 Å². The third kappa shape index (κ3) is 3.01. The smallest absolute Gasteiger partial charge is 0.0471 e. The van der Waals surface area contributed by atoms with Crippen molar-refractivity contribution >= 4 is 11.8 Å².